The van der Waals surface area contributed by atoms with Gasteiger partial charge >= 0.3 is 0 Å². The van der Waals surface area contributed by atoms with Crippen LogP contribution in [0.5, 0.6) is 11.5 Å². The fourth-order valence-electron chi connectivity index (χ4n) is 1.62. The molecule has 1 atom stereocenters. The van der Waals surface area contributed by atoms with Crippen LogP contribution in [-0.2, 0) is 4.79 Å². The standard InChI is InChI=1S/C13H14Cl5N3O3S/c1-23-7-4-3-6(5-8(7)24-2)19-12(25)21-11(13(16,17)18)20-10(22)9(14)15/h3-5,9,11H,1-2H3,(H,20,22)(H2,19,21,25). The van der Waals surface area contributed by atoms with Gasteiger partial charge in [-0.05, 0) is 24.4 Å². The molecule has 3 N–H and O–H groups in total. The lowest BCUT2D eigenvalue weighted by atomic mass is 10.3. The highest BCUT2D eigenvalue weighted by Crippen LogP contribution is 2.31. The third-order valence-electron chi connectivity index (χ3n) is 2.73. The molecule has 0 bridgehead atoms. The topological polar surface area (TPSA) is 71.6 Å². The Morgan fingerprint density at radius 3 is 2.20 bits per heavy atom. The zero-order valence-corrected chi connectivity index (χ0v) is 17.5. The van der Waals surface area contributed by atoms with Gasteiger partial charge in [-0.3, -0.25) is 4.79 Å². The van der Waals surface area contributed by atoms with Gasteiger partial charge in [-0.25, -0.2) is 0 Å². The first kappa shape index (κ1) is 22.5. The van der Waals surface area contributed by atoms with Crippen LogP contribution in [0.3, 0.4) is 0 Å². The molecule has 1 amide bonds. The number of halogens is 5. The second kappa shape index (κ2) is 9.94. The van der Waals surface area contributed by atoms with Gasteiger partial charge in [-0.1, -0.05) is 58.0 Å². The van der Waals surface area contributed by atoms with Crippen molar-refractivity contribution in [1.82, 2.24) is 10.6 Å². The molecule has 0 aromatic heterocycles. The Bertz CT molecular complexity index is 627. The fraction of sp³-hybridized carbons (Fsp3) is 0.385. The van der Waals surface area contributed by atoms with Gasteiger partial charge in [-0.15, -0.1) is 0 Å². The highest BCUT2D eigenvalue weighted by molar-refractivity contribution is 7.80. The van der Waals surface area contributed by atoms with E-state index in [1.54, 1.807) is 18.2 Å². The Morgan fingerprint density at radius 2 is 1.72 bits per heavy atom. The molecule has 140 valence electrons. The first-order valence-corrected chi connectivity index (χ1v) is 8.94. The number of rotatable bonds is 6. The first-order valence-electron chi connectivity index (χ1n) is 6.53. The number of carbonyl (C=O) groups excluding carboxylic acids is 1. The van der Waals surface area contributed by atoms with E-state index < -0.39 is 20.7 Å². The van der Waals surface area contributed by atoms with Crippen LogP contribution in [0.15, 0.2) is 18.2 Å². The van der Waals surface area contributed by atoms with E-state index in [0.717, 1.165) is 0 Å². The molecule has 0 saturated carbocycles. The molecular formula is C13H14Cl5N3O3S. The molecule has 0 fully saturated rings. The van der Waals surface area contributed by atoms with Crippen molar-refractivity contribution in [3.8, 4) is 11.5 Å². The number of benzene rings is 1. The predicted octanol–water partition coefficient (Wildman–Crippen LogP) is 3.61. The van der Waals surface area contributed by atoms with Gasteiger partial charge in [0, 0.05) is 11.8 Å². The number of alkyl halides is 5. The smallest absolute Gasteiger partial charge is 0.255 e. The lowest BCUT2D eigenvalue weighted by Crippen LogP contribution is -2.57. The van der Waals surface area contributed by atoms with E-state index in [1.165, 1.54) is 14.2 Å². The maximum absolute atomic E-state index is 11.6. The average Bonchev–Trinajstić information content (AvgIpc) is 2.52. The van der Waals surface area contributed by atoms with Crippen molar-refractivity contribution in [1.29, 1.82) is 0 Å². The van der Waals surface area contributed by atoms with Crippen LogP contribution in [0.2, 0.25) is 0 Å². The van der Waals surface area contributed by atoms with Crippen LogP contribution in [-0.4, -0.2) is 40.0 Å². The third kappa shape index (κ3) is 7.29. The number of amides is 1. The second-order valence-electron chi connectivity index (χ2n) is 4.45. The van der Waals surface area contributed by atoms with Crippen molar-refractivity contribution >= 4 is 86.9 Å². The summed E-state index contributed by atoms with van der Waals surface area (Å²) in [6.45, 7) is 0. The minimum absolute atomic E-state index is 0.0736. The van der Waals surface area contributed by atoms with Crippen LogP contribution in [0, 0.1) is 0 Å². The zero-order chi connectivity index (χ0) is 19.2. The van der Waals surface area contributed by atoms with E-state index in [1.807, 2.05) is 0 Å². The van der Waals surface area contributed by atoms with Crippen LogP contribution < -0.4 is 25.4 Å². The van der Waals surface area contributed by atoms with Crippen molar-refractivity contribution in [2.24, 2.45) is 0 Å². The monoisotopic (exact) mass is 467 g/mol. The SMILES string of the molecule is COc1ccc(NC(=S)NC(NC(=O)C(Cl)Cl)C(Cl)(Cl)Cl)cc1OC. The molecule has 1 aromatic carbocycles. The summed E-state index contributed by atoms with van der Waals surface area (Å²) in [5.41, 5.74) is 0.581. The summed E-state index contributed by atoms with van der Waals surface area (Å²) in [6.07, 6.45) is -1.18. The molecule has 0 aliphatic heterocycles. The maximum Gasteiger partial charge on any atom is 0.255 e. The molecule has 0 saturated heterocycles. The molecule has 1 unspecified atom stereocenters. The van der Waals surface area contributed by atoms with E-state index in [-0.39, 0.29) is 5.11 Å². The number of nitrogens with one attached hydrogen (secondary N) is 3. The van der Waals surface area contributed by atoms with Gasteiger partial charge in [0.1, 0.15) is 6.17 Å². The van der Waals surface area contributed by atoms with Gasteiger partial charge in [0.15, 0.2) is 21.4 Å². The largest absolute Gasteiger partial charge is 0.493 e. The molecule has 0 radical (unpaired) electrons. The van der Waals surface area contributed by atoms with Crippen LogP contribution in [0.25, 0.3) is 0 Å². The second-order valence-corrected chi connectivity index (χ2v) is 8.33. The van der Waals surface area contributed by atoms with Crippen molar-refractivity contribution in [3.05, 3.63) is 18.2 Å². The molecule has 12 heteroatoms. The number of carbonyl (C=O) groups is 1. The molecule has 1 rings (SSSR count). The maximum atomic E-state index is 11.6. The van der Waals surface area contributed by atoms with E-state index in [4.69, 9.17) is 79.7 Å². The summed E-state index contributed by atoms with van der Waals surface area (Å²) < 4.78 is 8.42. The Labute approximate surface area is 175 Å². The molecule has 0 heterocycles. The molecule has 1 aromatic rings. The average molecular weight is 470 g/mol. The lowest BCUT2D eigenvalue weighted by Gasteiger charge is -2.28. The van der Waals surface area contributed by atoms with Crippen LogP contribution in [0.1, 0.15) is 0 Å². The Hall–Kier alpha value is -0.570. The first-order chi connectivity index (χ1) is 11.6. The van der Waals surface area contributed by atoms with Crippen molar-refractivity contribution < 1.29 is 14.3 Å². The Morgan fingerprint density at radius 1 is 1.12 bits per heavy atom. The number of thiocarbonyl (C=S) groups is 1. The number of anilines is 1. The summed E-state index contributed by atoms with van der Waals surface area (Å²) in [5.74, 6) is 0.295. The number of ether oxygens (including phenoxy) is 2. The third-order valence-corrected chi connectivity index (χ3v) is 4.00. The van der Waals surface area contributed by atoms with Gasteiger partial charge in [0.25, 0.3) is 5.91 Å². The molecule has 25 heavy (non-hydrogen) atoms. The number of hydrogen-bond acceptors (Lipinski definition) is 4. The Kier molecular flexibility index (Phi) is 8.94. The molecule has 0 spiro atoms. The van der Waals surface area contributed by atoms with E-state index in [0.29, 0.717) is 17.2 Å². The van der Waals surface area contributed by atoms with Crippen molar-refractivity contribution in [2.75, 3.05) is 19.5 Å². The summed E-state index contributed by atoms with van der Waals surface area (Å²) in [7, 11) is 3.02. The summed E-state index contributed by atoms with van der Waals surface area (Å²) in [5, 5.41) is 7.93. The van der Waals surface area contributed by atoms with Gasteiger partial charge in [0.2, 0.25) is 3.79 Å². The van der Waals surface area contributed by atoms with Gasteiger partial charge in [0.05, 0.1) is 14.2 Å². The number of methoxy groups -OCH3 is 2. The lowest BCUT2D eigenvalue weighted by molar-refractivity contribution is -0.120. The van der Waals surface area contributed by atoms with E-state index >= 15 is 0 Å². The highest BCUT2D eigenvalue weighted by atomic mass is 35.6. The van der Waals surface area contributed by atoms with E-state index in [2.05, 4.69) is 16.0 Å². The molecule has 0 aliphatic rings. The van der Waals surface area contributed by atoms with Gasteiger partial charge in [-0.2, -0.15) is 0 Å². The van der Waals surface area contributed by atoms with Crippen LogP contribution in [0.4, 0.5) is 5.69 Å². The summed E-state index contributed by atoms with van der Waals surface area (Å²) in [6, 6.07) is 5.04. The molecule has 0 aliphatic carbocycles. The number of hydrogen-bond donors (Lipinski definition) is 3. The molecular weight excluding hydrogens is 455 g/mol. The molecule has 6 nitrogen and oxygen atoms in total. The van der Waals surface area contributed by atoms with E-state index in [9.17, 15) is 4.79 Å². The minimum Gasteiger partial charge on any atom is -0.493 e. The normalized spacial score (nSPS) is 12.3. The predicted molar refractivity (Wildman–Crippen MR) is 107 cm³/mol. The van der Waals surface area contributed by atoms with Gasteiger partial charge < -0.3 is 25.4 Å². The fourth-order valence-corrected chi connectivity index (χ4v) is 2.31. The Balaban J connectivity index is 2.82. The van der Waals surface area contributed by atoms with Crippen LogP contribution >= 0.6 is 70.2 Å². The summed E-state index contributed by atoms with van der Waals surface area (Å²) >= 11 is 33.6. The van der Waals surface area contributed by atoms with Crippen molar-refractivity contribution in [3.63, 3.8) is 0 Å². The summed E-state index contributed by atoms with van der Waals surface area (Å²) in [4.78, 5) is 10.3. The quantitative estimate of drug-likeness (QED) is 0.336. The minimum atomic E-state index is -1.92. The van der Waals surface area contributed by atoms with Crippen molar-refractivity contribution in [2.45, 2.75) is 14.8 Å². The zero-order valence-electron chi connectivity index (χ0n) is 12.9. The highest BCUT2D eigenvalue weighted by Gasteiger charge is 2.35.